The second-order valence-electron chi connectivity index (χ2n) is 6.45. The summed E-state index contributed by atoms with van der Waals surface area (Å²) in [7, 11) is 1.72. The highest BCUT2D eigenvalue weighted by Crippen LogP contribution is 2.25. The molecule has 0 atom stereocenters. The Morgan fingerprint density at radius 1 is 1.26 bits per heavy atom. The SMILES string of the molecule is Cc1sc2ncn(CCC(=O)N(C)Cc3ccc(Cl)c(Cl)c3)c(=O)c2c1C. The maximum atomic E-state index is 12.7. The molecule has 0 N–H and O–H groups in total. The normalized spacial score (nSPS) is 11.1. The van der Waals surface area contributed by atoms with Gasteiger partial charge in [0, 0.05) is 31.4 Å². The number of amides is 1. The molecule has 0 spiro atoms. The fraction of sp³-hybridized carbons (Fsp3) is 0.316. The Balaban J connectivity index is 1.69. The van der Waals surface area contributed by atoms with Crippen LogP contribution in [0.3, 0.4) is 0 Å². The average Bonchev–Trinajstić information content (AvgIpc) is 2.92. The van der Waals surface area contributed by atoms with Crippen LogP contribution >= 0.6 is 34.5 Å². The largest absolute Gasteiger partial charge is 0.341 e. The molecule has 2 aromatic heterocycles. The number of carbonyl (C=O) groups is 1. The molecule has 0 unspecified atom stereocenters. The monoisotopic (exact) mass is 423 g/mol. The van der Waals surface area contributed by atoms with Crippen LogP contribution in [0.15, 0.2) is 29.3 Å². The van der Waals surface area contributed by atoms with E-state index in [1.807, 2.05) is 19.9 Å². The first kappa shape index (κ1) is 19.9. The van der Waals surface area contributed by atoms with E-state index in [2.05, 4.69) is 4.98 Å². The summed E-state index contributed by atoms with van der Waals surface area (Å²) in [6, 6.07) is 5.29. The van der Waals surface area contributed by atoms with E-state index in [1.165, 1.54) is 22.2 Å². The van der Waals surface area contributed by atoms with Gasteiger partial charge in [-0.05, 0) is 37.1 Å². The van der Waals surface area contributed by atoms with Crippen LogP contribution < -0.4 is 5.56 Å². The van der Waals surface area contributed by atoms with Crippen LogP contribution in [0.4, 0.5) is 0 Å². The standard InChI is InChI=1S/C19H19Cl2N3O2S/c1-11-12(2)27-18-17(11)19(26)24(10-22-18)7-6-16(25)23(3)9-13-4-5-14(20)15(21)8-13/h4-5,8,10H,6-7,9H2,1-3H3. The summed E-state index contributed by atoms with van der Waals surface area (Å²) in [6.45, 7) is 4.62. The summed E-state index contributed by atoms with van der Waals surface area (Å²) in [6.07, 6.45) is 1.74. The zero-order valence-electron chi connectivity index (χ0n) is 15.3. The summed E-state index contributed by atoms with van der Waals surface area (Å²) >= 11 is 13.4. The minimum absolute atomic E-state index is 0.0636. The Labute approximate surface area is 171 Å². The zero-order chi connectivity index (χ0) is 19.7. The Morgan fingerprint density at radius 2 is 2.00 bits per heavy atom. The van der Waals surface area contributed by atoms with E-state index >= 15 is 0 Å². The van der Waals surface area contributed by atoms with Crippen molar-refractivity contribution in [3.8, 4) is 0 Å². The van der Waals surface area contributed by atoms with Crippen LogP contribution in [0, 0.1) is 13.8 Å². The number of carbonyl (C=O) groups excluding carboxylic acids is 1. The fourth-order valence-corrected chi connectivity index (χ4v) is 4.14. The van der Waals surface area contributed by atoms with E-state index < -0.39 is 0 Å². The third-order valence-corrected chi connectivity index (χ3v) is 6.41. The molecule has 3 rings (SSSR count). The molecule has 8 heteroatoms. The van der Waals surface area contributed by atoms with Gasteiger partial charge in [0.2, 0.25) is 5.91 Å². The molecule has 1 aromatic carbocycles. The molecular weight excluding hydrogens is 405 g/mol. The predicted octanol–water partition coefficient (Wildman–Crippen LogP) is 4.43. The van der Waals surface area contributed by atoms with Gasteiger partial charge in [0.05, 0.1) is 21.8 Å². The van der Waals surface area contributed by atoms with Gasteiger partial charge in [0.1, 0.15) is 4.83 Å². The summed E-state index contributed by atoms with van der Waals surface area (Å²) in [5.74, 6) is -0.0636. The molecule has 0 fully saturated rings. The highest BCUT2D eigenvalue weighted by molar-refractivity contribution is 7.18. The second-order valence-corrected chi connectivity index (χ2v) is 8.47. The Hall–Kier alpha value is -1.89. The highest BCUT2D eigenvalue weighted by Gasteiger charge is 2.14. The molecule has 1 amide bonds. The van der Waals surface area contributed by atoms with Gasteiger partial charge < -0.3 is 4.90 Å². The number of hydrogen-bond acceptors (Lipinski definition) is 4. The van der Waals surface area contributed by atoms with Crippen molar-refractivity contribution in [2.75, 3.05) is 7.05 Å². The summed E-state index contributed by atoms with van der Waals surface area (Å²) in [4.78, 5) is 32.9. The van der Waals surface area contributed by atoms with Crippen molar-refractivity contribution in [3.05, 3.63) is 60.9 Å². The molecule has 0 saturated heterocycles. The van der Waals surface area contributed by atoms with Gasteiger partial charge in [0.25, 0.3) is 5.56 Å². The molecular formula is C19H19Cl2N3O2S. The van der Waals surface area contributed by atoms with Gasteiger partial charge in [-0.3, -0.25) is 14.2 Å². The van der Waals surface area contributed by atoms with Crippen molar-refractivity contribution in [1.82, 2.24) is 14.5 Å². The Bertz CT molecular complexity index is 1070. The maximum Gasteiger partial charge on any atom is 0.262 e. The van der Waals surface area contributed by atoms with Crippen LogP contribution in [0.5, 0.6) is 0 Å². The van der Waals surface area contributed by atoms with Crippen LogP contribution in [0.2, 0.25) is 10.0 Å². The fourth-order valence-electron chi connectivity index (χ4n) is 2.84. The van der Waals surface area contributed by atoms with E-state index in [4.69, 9.17) is 23.2 Å². The zero-order valence-corrected chi connectivity index (χ0v) is 17.6. The van der Waals surface area contributed by atoms with Crippen LogP contribution in [-0.4, -0.2) is 27.4 Å². The predicted molar refractivity (Wildman–Crippen MR) is 111 cm³/mol. The number of aryl methyl sites for hydroxylation is 3. The Kier molecular flexibility index (Phi) is 5.89. The number of aromatic nitrogens is 2. The average molecular weight is 424 g/mol. The lowest BCUT2D eigenvalue weighted by Crippen LogP contribution is -2.29. The summed E-state index contributed by atoms with van der Waals surface area (Å²) < 4.78 is 1.51. The maximum absolute atomic E-state index is 12.7. The van der Waals surface area contributed by atoms with Gasteiger partial charge in [-0.1, -0.05) is 29.3 Å². The molecule has 0 aliphatic carbocycles. The number of halogens is 2. The minimum atomic E-state index is -0.0956. The van der Waals surface area contributed by atoms with Gasteiger partial charge in [0.15, 0.2) is 0 Å². The van der Waals surface area contributed by atoms with E-state index in [-0.39, 0.29) is 17.9 Å². The minimum Gasteiger partial charge on any atom is -0.341 e. The molecule has 0 bridgehead atoms. The first-order chi connectivity index (χ1) is 12.8. The molecule has 2 heterocycles. The third kappa shape index (κ3) is 4.18. The van der Waals surface area contributed by atoms with E-state index in [9.17, 15) is 9.59 Å². The third-order valence-electron chi connectivity index (χ3n) is 4.55. The molecule has 142 valence electrons. The van der Waals surface area contributed by atoms with Crippen LogP contribution in [0.1, 0.15) is 22.4 Å². The first-order valence-electron chi connectivity index (χ1n) is 8.41. The quantitative estimate of drug-likeness (QED) is 0.609. The number of thiophene rings is 1. The van der Waals surface area contributed by atoms with Crippen molar-refractivity contribution >= 4 is 50.7 Å². The van der Waals surface area contributed by atoms with Crippen molar-refractivity contribution in [2.45, 2.75) is 33.4 Å². The smallest absolute Gasteiger partial charge is 0.262 e. The molecule has 0 aliphatic heterocycles. The van der Waals surface area contributed by atoms with Crippen LogP contribution in [-0.2, 0) is 17.9 Å². The molecule has 3 aromatic rings. The highest BCUT2D eigenvalue weighted by atomic mass is 35.5. The summed E-state index contributed by atoms with van der Waals surface area (Å²) in [5, 5.41) is 1.59. The molecule has 0 saturated carbocycles. The molecule has 5 nitrogen and oxygen atoms in total. The topological polar surface area (TPSA) is 55.2 Å². The lowest BCUT2D eigenvalue weighted by atomic mass is 10.2. The first-order valence-corrected chi connectivity index (χ1v) is 9.98. The number of hydrogen-bond donors (Lipinski definition) is 0. The van der Waals surface area contributed by atoms with E-state index in [0.717, 1.165) is 20.8 Å². The molecule has 0 aliphatic rings. The van der Waals surface area contributed by atoms with Crippen molar-refractivity contribution in [2.24, 2.45) is 0 Å². The lowest BCUT2D eigenvalue weighted by Gasteiger charge is -2.18. The van der Waals surface area contributed by atoms with Crippen molar-refractivity contribution in [1.29, 1.82) is 0 Å². The number of benzene rings is 1. The van der Waals surface area contributed by atoms with Gasteiger partial charge in [-0.15, -0.1) is 11.3 Å². The van der Waals surface area contributed by atoms with Crippen molar-refractivity contribution < 1.29 is 4.79 Å². The number of fused-ring (bicyclic) bond motifs is 1. The van der Waals surface area contributed by atoms with Gasteiger partial charge in [-0.25, -0.2) is 4.98 Å². The molecule has 0 radical (unpaired) electrons. The lowest BCUT2D eigenvalue weighted by molar-refractivity contribution is -0.130. The summed E-state index contributed by atoms with van der Waals surface area (Å²) in [5.41, 5.74) is 1.76. The second kappa shape index (κ2) is 8.00. The Morgan fingerprint density at radius 3 is 2.70 bits per heavy atom. The number of rotatable bonds is 5. The van der Waals surface area contributed by atoms with Gasteiger partial charge in [-0.2, -0.15) is 0 Å². The molecule has 27 heavy (non-hydrogen) atoms. The van der Waals surface area contributed by atoms with Crippen LogP contribution in [0.25, 0.3) is 10.2 Å². The van der Waals surface area contributed by atoms with E-state index in [0.29, 0.717) is 28.5 Å². The van der Waals surface area contributed by atoms with Gasteiger partial charge >= 0.3 is 0 Å². The van der Waals surface area contributed by atoms with E-state index in [1.54, 1.807) is 24.1 Å². The van der Waals surface area contributed by atoms with Crippen molar-refractivity contribution in [3.63, 3.8) is 0 Å². The number of nitrogens with zero attached hydrogens (tertiary/aromatic N) is 3.